The lowest BCUT2D eigenvalue weighted by atomic mass is 10.00. The summed E-state index contributed by atoms with van der Waals surface area (Å²) in [6, 6.07) is 14.4. The van der Waals surface area contributed by atoms with Crippen LogP contribution in [-0.2, 0) is 0 Å². The average Bonchev–Trinajstić information content (AvgIpc) is 2.62. The van der Waals surface area contributed by atoms with Gasteiger partial charge in [-0.15, -0.1) is 0 Å². The van der Waals surface area contributed by atoms with Crippen LogP contribution >= 0.6 is 0 Å². The van der Waals surface area contributed by atoms with Crippen LogP contribution in [0.2, 0.25) is 0 Å². The number of hydrogen-bond acceptors (Lipinski definition) is 2. The monoisotopic (exact) mass is 331 g/mol. The molecule has 0 bridgehead atoms. The van der Waals surface area contributed by atoms with Gasteiger partial charge in [0.05, 0.1) is 0 Å². The van der Waals surface area contributed by atoms with E-state index in [1.54, 1.807) is 36.7 Å². The van der Waals surface area contributed by atoms with E-state index in [4.69, 9.17) is 5.73 Å². The second-order valence-electron chi connectivity index (χ2n) is 5.24. The number of rotatable bonds is 2. The molecular weight excluding hydrogens is 317 g/mol. The predicted octanol–water partition coefficient (Wildman–Crippen LogP) is 3.78. The quantitative estimate of drug-likeness (QED) is 0.702. The summed E-state index contributed by atoms with van der Waals surface area (Å²) >= 11 is 0. The number of nitrogens with zero attached hydrogens (tertiary/aromatic N) is 1. The van der Waals surface area contributed by atoms with Gasteiger partial charge >= 0.3 is 6.03 Å². The van der Waals surface area contributed by atoms with Gasteiger partial charge in [-0.25, -0.2) is 9.18 Å². The van der Waals surface area contributed by atoms with Crippen LogP contribution in [0.5, 0.6) is 0 Å². The average molecular weight is 331 g/mol. The van der Waals surface area contributed by atoms with E-state index < -0.39 is 6.03 Å². The number of halogens is 1. The van der Waals surface area contributed by atoms with Crippen LogP contribution in [-0.4, -0.2) is 11.0 Å². The molecule has 0 spiro atoms. The Morgan fingerprint density at radius 3 is 2.40 bits per heavy atom. The van der Waals surface area contributed by atoms with Crippen molar-refractivity contribution in [3.05, 3.63) is 83.9 Å². The number of anilines is 1. The molecule has 0 atom stereocenters. The zero-order valence-electron chi connectivity index (χ0n) is 13.2. The zero-order valence-corrected chi connectivity index (χ0v) is 13.2. The second kappa shape index (κ2) is 7.28. The molecule has 2 aromatic carbocycles. The van der Waals surface area contributed by atoms with Gasteiger partial charge in [-0.3, -0.25) is 4.98 Å². The van der Waals surface area contributed by atoms with Gasteiger partial charge in [0, 0.05) is 29.2 Å². The Balaban J connectivity index is 2.05. The number of hydrogen-bond donors (Lipinski definition) is 2. The third-order valence-electron chi connectivity index (χ3n) is 3.46. The van der Waals surface area contributed by atoms with Crippen molar-refractivity contribution in [2.45, 2.75) is 0 Å². The first-order valence-corrected chi connectivity index (χ1v) is 7.50. The molecule has 3 rings (SSSR count). The van der Waals surface area contributed by atoms with Crippen LogP contribution < -0.4 is 11.1 Å². The molecule has 1 aromatic heterocycles. The van der Waals surface area contributed by atoms with E-state index in [-0.39, 0.29) is 5.82 Å². The van der Waals surface area contributed by atoms with Crippen molar-refractivity contribution in [1.29, 1.82) is 0 Å². The molecule has 0 fully saturated rings. The SMILES string of the molecule is NC(=O)Nc1ccc(-c2ccncc2)c(C#Cc2ccc(F)cc2)c1. The first kappa shape index (κ1) is 16.2. The van der Waals surface area contributed by atoms with E-state index >= 15 is 0 Å². The molecule has 0 radical (unpaired) electrons. The Labute approximate surface area is 144 Å². The minimum absolute atomic E-state index is 0.310. The van der Waals surface area contributed by atoms with Crippen LogP contribution in [0, 0.1) is 17.7 Å². The summed E-state index contributed by atoms with van der Waals surface area (Å²) in [6.07, 6.45) is 3.39. The highest BCUT2D eigenvalue weighted by Crippen LogP contribution is 2.25. The molecule has 3 N–H and O–H groups in total. The van der Waals surface area contributed by atoms with E-state index in [0.29, 0.717) is 16.8 Å². The minimum Gasteiger partial charge on any atom is -0.351 e. The van der Waals surface area contributed by atoms with Crippen molar-refractivity contribution in [1.82, 2.24) is 4.98 Å². The molecule has 0 saturated heterocycles. The van der Waals surface area contributed by atoms with Gasteiger partial charge in [0.15, 0.2) is 0 Å². The summed E-state index contributed by atoms with van der Waals surface area (Å²) in [5.74, 6) is 5.77. The fraction of sp³-hybridized carbons (Fsp3) is 0. The number of pyridine rings is 1. The Kier molecular flexibility index (Phi) is 4.72. The van der Waals surface area contributed by atoms with Crippen molar-refractivity contribution in [3.63, 3.8) is 0 Å². The number of aromatic nitrogens is 1. The molecule has 0 aliphatic heterocycles. The lowest BCUT2D eigenvalue weighted by Gasteiger charge is -2.08. The van der Waals surface area contributed by atoms with E-state index in [2.05, 4.69) is 22.1 Å². The molecule has 1 heterocycles. The summed E-state index contributed by atoms with van der Waals surface area (Å²) in [6.45, 7) is 0. The molecule has 2 amide bonds. The molecule has 5 heteroatoms. The topological polar surface area (TPSA) is 68.0 Å². The Hall–Kier alpha value is -3.65. The van der Waals surface area contributed by atoms with Crippen LogP contribution in [0.1, 0.15) is 11.1 Å². The second-order valence-corrected chi connectivity index (χ2v) is 5.24. The van der Waals surface area contributed by atoms with E-state index in [9.17, 15) is 9.18 Å². The van der Waals surface area contributed by atoms with Crippen molar-refractivity contribution >= 4 is 11.7 Å². The van der Waals surface area contributed by atoms with Crippen molar-refractivity contribution in [2.75, 3.05) is 5.32 Å². The molecule has 0 saturated carbocycles. The normalized spacial score (nSPS) is 9.80. The zero-order chi connectivity index (χ0) is 17.6. The van der Waals surface area contributed by atoms with E-state index in [0.717, 1.165) is 11.1 Å². The van der Waals surface area contributed by atoms with Gasteiger partial charge in [-0.05, 0) is 59.7 Å². The maximum Gasteiger partial charge on any atom is 0.316 e. The number of carbonyl (C=O) groups is 1. The highest BCUT2D eigenvalue weighted by molar-refractivity contribution is 5.89. The Morgan fingerprint density at radius 1 is 1.00 bits per heavy atom. The first-order valence-electron chi connectivity index (χ1n) is 7.50. The van der Waals surface area contributed by atoms with Gasteiger partial charge in [0.25, 0.3) is 0 Å². The lowest BCUT2D eigenvalue weighted by molar-refractivity contribution is 0.259. The lowest BCUT2D eigenvalue weighted by Crippen LogP contribution is -2.19. The smallest absolute Gasteiger partial charge is 0.316 e. The summed E-state index contributed by atoms with van der Waals surface area (Å²) in [7, 11) is 0. The Bertz CT molecular complexity index is 958. The number of amides is 2. The van der Waals surface area contributed by atoms with Crippen LogP contribution in [0.25, 0.3) is 11.1 Å². The molecule has 0 aliphatic carbocycles. The minimum atomic E-state index is -0.644. The molecule has 3 aromatic rings. The van der Waals surface area contributed by atoms with E-state index in [1.807, 2.05) is 18.2 Å². The maximum absolute atomic E-state index is 13.0. The number of benzene rings is 2. The number of primary amides is 1. The number of carbonyl (C=O) groups excluding carboxylic acids is 1. The standard InChI is InChI=1S/C20H14FN3O/c21-17-5-2-14(3-6-17)1-4-16-13-18(24-20(22)25)7-8-19(16)15-9-11-23-12-10-15/h2-3,5-13H,(H3,22,24,25). The number of urea groups is 1. The van der Waals surface area contributed by atoms with Crippen molar-refractivity contribution in [3.8, 4) is 23.0 Å². The molecule has 0 aliphatic rings. The largest absolute Gasteiger partial charge is 0.351 e. The molecule has 122 valence electrons. The fourth-order valence-electron chi connectivity index (χ4n) is 2.32. The summed E-state index contributed by atoms with van der Waals surface area (Å²) < 4.78 is 13.0. The number of nitrogens with one attached hydrogen (secondary N) is 1. The molecule has 4 nitrogen and oxygen atoms in total. The number of nitrogens with two attached hydrogens (primary N) is 1. The summed E-state index contributed by atoms with van der Waals surface area (Å²) in [4.78, 5) is 15.1. The van der Waals surface area contributed by atoms with Crippen LogP contribution in [0.3, 0.4) is 0 Å². The van der Waals surface area contributed by atoms with Gasteiger partial charge < -0.3 is 11.1 Å². The highest BCUT2D eigenvalue weighted by Gasteiger charge is 2.06. The van der Waals surface area contributed by atoms with Crippen LogP contribution in [0.15, 0.2) is 67.0 Å². The van der Waals surface area contributed by atoms with Crippen molar-refractivity contribution in [2.24, 2.45) is 5.73 Å². The molecule has 0 unspecified atom stereocenters. The van der Waals surface area contributed by atoms with E-state index in [1.165, 1.54) is 12.1 Å². The molecular formula is C20H14FN3O. The van der Waals surface area contributed by atoms with Crippen molar-refractivity contribution < 1.29 is 9.18 Å². The van der Waals surface area contributed by atoms with Gasteiger partial charge in [0.1, 0.15) is 5.82 Å². The third-order valence-corrected chi connectivity index (χ3v) is 3.46. The van der Waals surface area contributed by atoms with Gasteiger partial charge in [0.2, 0.25) is 0 Å². The first-order chi connectivity index (χ1) is 12.1. The Morgan fingerprint density at radius 2 is 1.72 bits per heavy atom. The molecule has 25 heavy (non-hydrogen) atoms. The fourth-order valence-corrected chi connectivity index (χ4v) is 2.32. The third kappa shape index (κ3) is 4.21. The van der Waals surface area contributed by atoms with Crippen LogP contribution in [0.4, 0.5) is 14.9 Å². The summed E-state index contributed by atoms with van der Waals surface area (Å²) in [5.41, 5.74) is 8.97. The summed E-state index contributed by atoms with van der Waals surface area (Å²) in [5, 5.41) is 2.54. The maximum atomic E-state index is 13.0. The van der Waals surface area contributed by atoms with Gasteiger partial charge in [-0.2, -0.15) is 0 Å². The highest BCUT2D eigenvalue weighted by atomic mass is 19.1. The van der Waals surface area contributed by atoms with Gasteiger partial charge in [-0.1, -0.05) is 17.9 Å². The predicted molar refractivity (Wildman–Crippen MR) is 95.3 cm³/mol.